The number of likely N-dealkylation sites (tertiary alicyclic amines) is 1. The van der Waals surface area contributed by atoms with Gasteiger partial charge in [0.1, 0.15) is 0 Å². The Balaban J connectivity index is 1.58. The van der Waals surface area contributed by atoms with E-state index in [4.69, 9.17) is 16.3 Å². The molecule has 0 aromatic heterocycles. The summed E-state index contributed by atoms with van der Waals surface area (Å²) >= 11 is 6.28. The molecule has 0 amide bonds. The minimum absolute atomic E-state index is 0.235. The van der Waals surface area contributed by atoms with E-state index in [9.17, 15) is 0 Å². The fraction of sp³-hybridized carbons (Fsp3) is 0.682. The predicted molar refractivity (Wildman–Crippen MR) is 121 cm³/mol. The lowest BCUT2D eigenvalue weighted by Gasteiger charge is -2.37. The highest BCUT2D eigenvalue weighted by atomic mass is 35.5. The van der Waals surface area contributed by atoms with Crippen LogP contribution in [0.25, 0.3) is 0 Å². The topological polar surface area (TPSA) is 52.1 Å². The average molecular weight is 422 g/mol. The van der Waals surface area contributed by atoms with Gasteiger partial charge in [0.25, 0.3) is 0 Å². The number of nitrogens with zero attached hydrogens (tertiary/aromatic N) is 3. The standard InChI is InChI=1S/C22H36ClN5O/c1-17(2)27-9-7-20(8-10-27)26-22(24-3)25-16-21(28-11-13-29-14-12-28)18-5-4-6-19(23)15-18/h4-6,15,17,20-21H,7-14,16H2,1-3H3,(H2,24,25,26). The van der Waals surface area contributed by atoms with Crippen molar-refractivity contribution in [1.29, 1.82) is 0 Å². The van der Waals surface area contributed by atoms with Crippen LogP contribution in [0.5, 0.6) is 0 Å². The number of benzene rings is 1. The van der Waals surface area contributed by atoms with Gasteiger partial charge in [-0.1, -0.05) is 23.7 Å². The molecule has 162 valence electrons. The molecule has 2 saturated heterocycles. The molecule has 1 aromatic carbocycles. The minimum atomic E-state index is 0.235. The lowest BCUT2D eigenvalue weighted by Crippen LogP contribution is -2.51. The zero-order chi connectivity index (χ0) is 20.6. The van der Waals surface area contributed by atoms with Crippen molar-refractivity contribution in [3.8, 4) is 0 Å². The number of nitrogens with one attached hydrogen (secondary N) is 2. The molecule has 2 fully saturated rings. The Kier molecular flexibility index (Phi) is 8.60. The summed E-state index contributed by atoms with van der Waals surface area (Å²) in [5, 5.41) is 7.97. The van der Waals surface area contributed by atoms with Crippen LogP contribution in [0.1, 0.15) is 38.3 Å². The Morgan fingerprint density at radius 3 is 2.52 bits per heavy atom. The van der Waals surface area contributed by atoms with Gasteiger partial charge in [-0.25, -0.2) is 0 Å². The lowest BCUT2D eigenvalue weighted by molar-refractivity contribution is 0.0170. The van der Waals surface area contributed by atoms with E-state index < -0.39 is 0 Å². The quantitative estimate of drug-likeness (QED) is 0.546. The summed E-state index contributed by atoms with van der Waals surface area (Å²) < 4.78 is 5.55. The Labute approximate surface area is 180 Å². The molecule has 1 atom stereocenters. The van der Waals surface area contributed by atoms with Crippen molar-refractivity contribution in [2.24, 2.45) is 4.99 Å². The molecule has 3 rings (SSSR count). The average Bonchev–Trinajstić information content (AvgIpc) is 2.74. The summed E-state index contributed by atoms with van der Waals surface area (Å²) in [6, 6.07) is 9.52. The van der Waals surface area contributed by atoms with E-state index in [1.165, 1.54) is 5.56 Å². The number of aliphatic imine (C=N–C) groups is 1. The SMILES string of the molecule is CN=C(NCC(c1cccc(Cl)c1)N1CCOCC1)NC1CCN(C(C)C)CC1. The second-order valence-corrected chi connectivity index (χ2v) is 8.66. The Bertz CT molecular complexity index is 654. The van der Waals surface area contributed by atoms with Crippen molar-refractivity contribution in [1.82, 2.24) is 20.4 Å². The molecule has 0 aliphatic carbocycles. The second kappa shape index (κ2) is 11.2. The molecule has 0 radical (unpaired) electrons. The van der Waals surface area contributed by atoms with Gasteiger partial charge in [-0.15, -0.1) is 0 Å². The van der Waals surface area contributed by atoms with Crippen LogP contribution in [0.3, 0.4) is 0 Å². The van der Waals surface area contributed by atoms with Crippen molar-refractivity contribution in [3.63, 3.8) is 0 Å². The van der Waals surface area contributed by atoms with Crippen molar-refractivity contribution in [3.05, 3.63) is 34.9 Å². The Morgan fingerprint density at radius 2 is 1.90 bits per heavy atom. The Morgan fingerprint density at radius 1 is 1.17 bits per heavy atom. The molecule has 0 saturated carbocycles. The van der Waals surface area contributed by atoms with Crippen molar-refractivity contribution >= 4 is 17.6 Å². The van der Waals surface area contributed by atoms with E-state index in [1.807, 2.05) is 19.2 Å². The van der Waals surface area contributed by atoms with Crippen LogP contribution >= 0.6 is 11.6 Å². The first-order valence-electron chi connectivity index (χ1n) is 10.9. The molecular formula is C22H36ClN5O. The van der Waals surface area contributed by atoms with Gasteiger partial charge in [-0.3, -0.25) is 9.89 Å². The van der Waals surface area contributed by atoms with Gasteiger partial charge < -0.3 is 20.3 Å². The largest absolute Gasteiger partial charge is 0.379 e. The minimum Gasteiger partial charge on any atom is -0.379 e. The number of guanidine groups is 1. The highest BCUT2D eigenvalue weighted by molar-refractivity contribution is 6.30. The van der Waals surface area contributed by atoms with Crippen LogP contribution in [0.15, 0.2) is 29.3 Å². The van der Waals surface area contributed by atoms with Crippen LogP contribution < -0.4 is 10.6 Å². The summed E-state index contributed by atoms with van der Waals surface area (Å²) in [6.07, 6.45) is 2.31. The zero-order valence-corrected chi connectivity index (χ0v) is 18.8. The van der Waals surface area contributed by atoms with Gasteiger partial charge in [0, 0.05) is 56.9 Å². The van der Waals surface area contributed by atoms with Crippen LogP contribution in [-0.2, 0) is 4.74 Å². The molecule has 2 N–H and O–H groups in total. The van der Waals surface area contributed by atoms with Gasteiger partial charge in [0.2, 0.25) is 0 Å². The zero-order valence-electron chi connectivity index (χ0n) is 18.0. The first-order chi connectivity index (χ1) is 14.1. The second-order valence-electron chi connectivity index (χ2n) is 8.22. The summed E-state index contributed by atoms with van der Waals surface area (Å²) in [7, 11) is 1.85. The molecule has 2 aliphatic rings. The van der Waals surface area contributed by atoms with Crippen LogP contribution in [0.4, 0.5) is 0 Å². The maximum absolute atomic E-state index is 6.28. The molecular weight excluding hydrogens is 386 g/mol. The first kappa shape index (κ1) is 22.3. The Hall–Kier alpha value is -1.34. The maximum Gasteiger partial charge on any atom is 0.191 e. The molecule has 6 nitrogen and oxygen atoms in total. The van der Waals surface area contributed by atoms with Crippen molar-refractivity contribution in [2.75, 3.05) is 53.0 Å². The fourth-order valence-corrected chi connectivity index (χ4v) is 4.40. The predicted octanol–water partition coefficient (Wildman–Crippen LogP) is 2.75. The van der Waals surface area contributed by atoms with Gasteiger partial charge >= 0.3 is 0 Å². The highest BCUT2D eigenvalue weighted by Crippen LogP contribution is 2.24. The summed E-state index contributed by atoms with van der Waals surface area (Å²) in [6.45, 7) is 11.0. The van der Waals surface area contributed by atoms with Crippen molar-refractivity contribution in [2.45, 2.75) is 44.8 Å². The number of rotatable bonds is 6. The number of hydrogen-bond donors (Lipinski definition) is 2. The summed E-state index contributed by atoms with van der Waals surface area (Å²) in [5.74, 6) is 0.883. The highest BCUT2D eigenvalue weighted by Gasteiger charge is 2.25. The third kappa shape index (κ3) is 6.57. The molecule has 2 heterocycles. The van der Waals surface area contributed by atoms with E-state index in [0.29, 0.717) is 12.1 Å². The van der Waals surface area contributed by atoms with Crippen LogP contribution in [0, 0.1) is 0 Å². The number of morpholine rings is 1. The monoisotopic (exact) mass is 421 g/mol. The molecule has 29 heavy (non-hydrogen) atoms. The van der Waals surface area contributed by atoms with Crippen LogP contribution in [-0.4, -0.2) is 80.8 Å². The van der Waals surface area contributed by atoms with E-state index in [-0.39, 0.29) is 6.04 Å². The van der Waals surface area contributed by atoms with E-state index in [1.54, 1.807) is 0 Å². The van der Waals surface area contributed by atoms with Gasteiger partial charge in [0.05, 0.1) is 19.3 Å². The molecule has 0 bridgehead atoms. The maximum atomic E-state index is 6.28. The van der Waals surface area contributed by atoms with E-state index in [0.717, 1.165) is 69.8 Å². The van der Waals surface area contributed by atoms with Crippen molar-refractivity contribution < 1.29 is 4.74 Å². The molecule has 1 unspecified atom stereocenters. The van der Waals surface area contributed by atoms with Gasteiger partial charge in [0.15, 0.2) is 5.96 Å². The molecule has 0 spiro atoms. The van der Waals surface area contributed by atoms with E-state index in [2.05, 4.69) is 51.4 Å². The number of ether oxygens (including phenoxy) is 1. The number of piperidine rings is 1. The van der Waals surface area contributed by atoms with Crippen LogP contribution in [0.2, 0.25) is 5.02 Å². The molecule has 7 heteroatoms. The normalized spacial score (nSPS) is 21.3. The van der Waals surface area contributed by atoms with Gasteiger partial charge in [-0.2, -0.15) is 0 Å². The summed E-state index contributed by atoms with van der Waals surface area (Å²) in [4.78, 5) is 9.49. The third-order valence-corrected chi connectivity index (χ3v) is 6.24. The third-order valence-electron chi connectivity index (χ3n) is 6.01. The van der Waals surface area contributed by atoms with Gasteiger partial charge in [-0.05, 0) is 44.4 Å². The number of halogens is 1. The number of hydrogen-bond acceptors (Lipinski definition) is 4. The lowest BCUT2D eigenvalue weighted by atomic mass is 10.0. The summed E-state index contributed by atoms with van der Waals surface area (Å²) in [5.41, 5.74) is 1.23. The smallest absolute Gasteiger partial charge is 0.191 e. The molecule has 1 aromatic rings. The first-order valence-corrected chi connectivity index (χ1v) is 11.2. The molecule has 2 aliphatic heterocycles. The van der Waals surface area contributed by atoms with E-state index >= 15 is 0 Å². The fourth-order valence-electron chi connectivity index (χ4n) is 4.20.